The van der Waals surface area contributed by atoms with Crippen LogP contribution in [0.1, 0.15) is 252 Å². The van der Waals surface area contributed by atoms with Crippen molar-refractivity contribution in [2.24, 2.45) is 0 Å². The molecule has 0 saturated carbocycles. The van der Waals surface area contributed by atoms with Gasteiger partial charge in [0.2, 0.25) is 0 Å². The molecule has 12 heteroatoms. The van der Waals surface area contributed by atoms with Gasteiger partial charge in [0.15, 0.2) is 6.10 Å². The normalized spacial score (nSPS) is 13.8. The predicted octanol–water partition coefficient (Wildman–Crippen LogP) is 16.4. The van der Waals surface area contributed by atoms with Gasteiger partial charge >= 0.3 is 25.7 Å². The zero-order valence-electron chi connectivity index (χ0n) is 44.7. The molecule has 0 aliphatic carbocycles. The molecule has 0 aliphatic rings. The summed E-state index contributed by atoms with van der Waals surface area (Å²) in [5.74, 6) is -1.49. The number of rotatable bonds is 52. The Morgan fingerprint density at radius 3 is 1.20 bits per heavy atom. The van der Waals surface area contributed by atoms with E-state index in [4.69, 9.17) is 23.3 Å². The number of allylic oxidation sites excluding steroid dienone is 10. The summed E-state index contributed by atoms with van der Waals surface area (Å²) in [7, 11) is -4.75. The lowest BCUT2D eigenvalue weighted by molar-refractivity contribution is -0.161. The van der Waals surface area contributed by atoms with Gasteiger partial charge in [-0.05, 0) is 96.3 Å². The van der Waals surface area contributed by atoms with E-state index in [1.165, 1.54) is 64.2 Å². The first-order valence-electron chi connectivity index (χ1n) is 28.2. The van der Waals surface area contributed by atoms with Gasteiger partial charge in [-0.1, -0.05) is 197 Å². The second-order valence-corrected chi connectivity index (χ2v) is 20.2. The van der Waals surface area contributed by atoms with Crippen LogP contribution >= 0.6 is 7.82 Å². The highest BCUT2D eigenvalue weighted by Gasteiger charge is 2.28. The molecular weight excluding hydrogens is 904 g/mol. The number of hydrogen-bond donors (Lipinski definition) is 2. The minimum atomic E-state index is -4.75. The molecule has 0 saturated heterocycles. The zero-order chi connectivity index (χ0) is 51.3. The summed E-state index contributed by atoms with van der Waals surface area (Å²) >= 11 is 0. The van der Waals surface area contributed by atoms with Crippen molar-refractivity contribution >= 4 is 25.7 Å². The van der Waals surface area contributed by atoms with E-state index in [0.717, 1.165) is 128 Å². The van der Waals surface area contributed by atoms with Crippen LogP contribution in [0.15, 0.2) is 60.8 Å². The van der Waals surface area contributed by atoms with Gasteiger partial charge in [-0.3, -0.25) is 23.4 Å². The molecule has 70 heavy (non-hydrogen) atoms. The molecule has 0 rings (SSSR count). The number of hydrogen-bond acceptors (Lipinski definition) is 10. The van der Waals surface area contributed by atoms with E-state index in [1.807, 2.05) is 0 Å². The smallest absolute Gasteiger partial charge is 0.462 e. The minimum Gasteiger partial charge on any atom is -0.462 e. The van der Waals surface area contributed by atoms with E-state index in [2.05, 4.69) is 81.5 Å². The fraction of sp³-hybridized carbons (Fsp3) is 0.776. The average Bonchev–Trinajstić information content (AvgIpc) is 3.35. The first-order valence-corrected chi connectivity index (χ1v) is 29.7. The maximum absolute atomic E-state index is 12.9. The van der Waals surface area contributed by atoms with Gasteiger partial charge in [0.05, 0.1) is 19.8 Å². The van der Waals surface area contributed by atoms with Gasteiger partial charge in [0, 0.05) is 19.3 Å². The molecular formula is C58H103O11P. The third-order valence-corrected chi connectivity index (χ3v) is 12.8. The number of phosphoric ester groups is 1. The highest BCUT2D eigenvalue weighted by Crippen LogP contribution is 2.43. The van der Waals surface area contributed by atoms with E-state index in [0.29, 0.717) is 19.3 Å². The molecule has 3 atom stereocenters. The van der Waals surface area contributed by atoms with Crippen molar-refractivity contribution in [3.63, 3.8) is 0 Å². The largest absolute Gasteiger partial charge is 0.472 e. The van der Waals surface area contributed by atoms with Crippen molar-refractivity contribution < 1.29 is 52.2 Å². The van der Waals surface area contributed by atoms with Crippen molar-refractivity contribution in [3.05, 3.63) is 60.8 Å². The van der Waals surface area contributed by atoms with Crippen molar-refractivity contribution in [3.8, 4) is 0 Å². The lowest BCUT2D eigenvalue weighted by atomic mass is 10.1. The molecule has 406 valence electrons. The molecule has 0 spiro atoms. The summed E-state index contributed by atoms with van der Waals surface area (Å²) < 4.78 is 39.4. The standard InChI is InChI=1S/C58H103O11P/c1-4-7-10-13-16-19-22-24-26-27-29-30-33-35-38-41-44-47-56(60)65-51-55(69-58(62)49-46-43-40-37-34-31-28-25-23-20-17-14-11-8-5-2)53-67-70(63,64)66-52-54(50-59)68-57(61)48-45-42-39-36-32-21-18-15-12-9-6-3/h7,10,15-16,18-19,24-26,28,54-55,59H,4-6,8-9,11-14,17,20-23,27,29-53H2,1-3H3,(H,63,64)/b10-7-,18-15-,19-16-,26-24-,28-25-. The van der Waals surface area contributed by atoms with Crippen LogP contribution in [-0.2, 0) is 42.2 Å². The Morgan fingerprint density at radius 1 is 0.414 bits per heavy atom. The molecule has 3 unspecified atom stereocenters. The van der Waals surface area contributed by atoms with Gasteiger partial charge in [-0.2, -0.15) is 0 Å². The molecule has 0 heterocycles. The van der Waals surface area contributed by atoms with E-state index >= 15 is 0 Å². The van der Waals surface area contributed by atoms with Crippen molar-refractivity contribution in [2.45, 2.75) is 264 Å². The monoisotopic (exact) mass is 1010 g/mol. The van der Waals surface area contributed by atoms with Gasteiger partial charge < -0.3 is 24.2 Å². The second kappa shape index (κ2) is 52.5. The number of carbonyl (C=O) groups excluding carboxylic acids is 3. The molecule has 0 aromatic heterocycles. The van der Waals surface area contributed by atoms with Crippen molar-refractivity contribution in [1.82, 2.24) is 0 Å². The number of aliphatic hydroxyl groups is 1. The minimum absolute atomic E-state index is 0.155. The first kappa shape index (κ1) is 67.2. The van der Waals surface area contributed by atoms with Gasteiger partial charge in [-0.15, -0.1) is 0 Å². The number of esters is 3. The lowest BCUT2D eigenvalue weighted by Crippen LogP contribution is -2.30. The Morgan fingerprint density at radius 2 is 0.757 bits per heavy atom. The molecule has 0 bridgehead atoms. The molecule has 0 fully saturated rings. The molecule has 0 aromatic carbocycles. The fourth-order valence-corrected chi connectivity index (χ4v) is 8.37. The highest BCUT2D eigenvalue weighted by atomic mass is 31.2. The van der Waals surface area contributed by atoms with Crippen LogP contribution in [0.2, 0.25) is 0 Å². The van der Waals surface area contributed by atoms with Gasteiger partial charge in [0.1, 0.15) is 12.7 Å². The molecule has 0 amide bonds. The van der Waals surface area contributed by atoms with Crippen molar-refractivity contribution in [2.75, 3.05) is 26.4 Å². The third-order valence-electron chi connectivity index (χ3n) is 11.9. The number of aliphatic hydroxyl groups excluding tert-OH is 1. The quantitative estimate of drug-likeness (QED) is 0.0197. The zero-order valence-corrected chi connectivity index (χ0v) is 45.6. The Kier molecular flexibility index (Phi) is 50.4. The predicted molar refractivity (Wildman–Crippen MR) is 288 cm³/mol. The summed E-state index contributed by atoms with van der Waals surface area (Å²) in [5, 5.41) is 9.78. The molecule has 0 radical (unpaired) electrons. The van der Waals surface area contributed by atoms with E-state index < -0.39 is 57.8 Å². The van der Waals surface area contributed by atoms with Crippen LogP contribution in [0.25, 0.3) is 0 Å². The summed E-state index contributed by atoms with van der Waals surface area (Å²) in [6.07, 6.45) is 56.1. The third kappa shape index (κ3) is 50.1. The Labute approximate surface area is 427 Å². The number of carbonyl (C=O) groups is 3. The molecule has 2 N–H and O–H groups in total. The summed E-state index contributed by atoms with van der Waals surface area (Å²) in [6.45, 7) is 4.47. The number of unbranched alkanes of at least 4 members (excludes halogenated alkanes) is 25. The van der Waals surface area contributed by atoms with E-state index in [1.54, 1.807) is 0 Å². The molecule has 0 aromatic rings. The second-order valence-electron chi connectivity index (χ2n) is 18.7. The van der Waals surface area contributed by atoms with Crippen LogP contribution < -0.4 is 0 Å². The van der Waals surface area contributed by atoms with Crippen molar-refractivity contribution in [1.29, 1.82) is 0 Å². The lowest BCUT2D eigenvalue weighted by Gasteiger charge is -2.21. The van der Waals surface area contributed by atoms with E-state index in [-0.39, 0.29) is 25.9 Å². The Balaban J connectivity index is 4.75. The number of phosphoric acid groups is 1. The van der Waals surface area contributed by atoms with Crippen LogP contribution in [-0.4, -0.2) is 66.5 Å². The maximum Gasteiger partial charge on any atom is 0.472 e. The molecule has 11 nitrogen and oxygen atoms in total. The van der Waals surface area contributed by atoms with Crippen LogP contribution in [0, 0.1) is 0 Å². The Hall–Kier alpha value is -2.82. The summed E-state index contributed by atoms with van der Waals surface area (Å²) in [6, 6.07) is 0. The number of ether oxygens (including phenoxy) is 3. The average molecular weight is 1010 g/mol. The summed E-state index contributed by atoms with van der Waals surface area (Å²) in [4.78, 5) is 48.4. The van der Waals surface area contributed by atoms with Gasteiger partial charge in [-0.25, -0.2) is 4.57 Å². The SMILES string of the molecule is CC/C=C\C/C=C\C/C=C\CCCCCCCCCC(=O)OCC(COP(=O)(O)OCC(CO)OC(=O)CCCCCCC/C=C\CCCC)OC(=O)CCCCCCC/C=C\CCCCCCCC. The van der Waals surface area contributed by atoms with Crippen LogP contribution in [0.5, 0.6) is 0 Å². The van der Waals surface area contributed by atoms with E-state index in [9.17, 15) is 28.9 Å². The van der Waals surface area contributed by atoms with Gasteiger partial charge in [0.25, 0.3) is 0 Å². The van der Waals surface area contributed by atoms with Crippen LogP contribution in [0.4, 0.5) is 0 Å². The maximum atomic E-state index is 12.9. The topological polar surface area (TPSA) is 155 Å². The first-order chi connectivity index (χ1) is 34.2. The fourth-order valence-electron chi connectivity index (χ4n) is 7.58. The highest BCUT2D eigenvalue weighted by molar-refractivity contribution is 7.47. The molecule has 0 aliphatic heterocycles. The van der Waals surface area contributed by atoms with Crippen LogP contribution in [0.3, 0.4) is 0 Å². The Bertz CT molecular complexity index is 1410. The summed E-state index contributed by atoms with van der Waals surface area (Å²) in [5.41, 5.74) is 0.